The SMILES string of the molecule is CONC(=O)CCC(=O)c1ccc(/C=C/C(c2cc(Cl)c(Cl)c(Cl)c2)C(F)(F)F)cc1Br. The van der Waals surface area contributed by atoms with Gasteiger partial charge in [0.1, 0.15) is 0 Å². The lowest BCUT2D eigenvalue weighted by Gasteiger charge is -2.18. The Labute approximate surface area is 205 Å². The van der Waals surface area contributed by atoms with E-state index in [-0.39, 0.29) is 39.3 Å². The van der Waals surface area contributed by atoms with Crippen molar-refractivity contribution in [1.82, 2.24) is 5.48 Å². The van der Waals surface area contributed by atoms with E-state index >= 15 is 0 Å². The van der Waals surface area contributed by atoms with Crippen molar-refractivity contribution in [2.75, 3.05) is 7.11 Å². The van der Waals surface area contributed by atoms with Gasteiger partial charge in [0.05, 0.1) is 28.1 Å². The molecule has 32 heavy (non-hydrogen) atoms. The summed E-state index contributed by atoms with van der Waals surface area (Å²) < 4.78 is 41.4. The number of hydrogen-bond donors (Lipinski definition) is 1. The number of Topliss-reactive ketones (excluding diaryl/α,β-unsaturated/α-hetero) is 1. The van der Waals surface area contributed by atoms with Crippen molar-refractivity contribution in [3.63, 3.8) is 0 Å². The molecule has 0 aliphatic rings. The van der Waals surface area contributed by atoms with Gasteiger partial charge in [0.15, 0.2) is 5.78 Å². The Morgan fingerprint density at radius 2 is 1.75 bits per heavy atom. The van der Waals surface area contributed by atoms with Crippen LogP contribution in [0.25, 0.3) is 6.08 Å². The number of alkyl halides is 3. The molecule has 11 heteroatoms. The fourth-order valence-electron chi connectivity index (χ4n) is 2.76. The number of halogens is 7. The number of rotatable bonds is 8. The molecule has 2 aromatic rings. The molecule has 0 radical (unpaired) electrons. The normalized spacial score (nSPS) is 12.8. The topological polar surface area (TPSA) is 55.4 Å². The molecule has 0 heterocycles. The summed E-state index contributed by atoms with van der Waals surface area (Å²) >= 11 is 20.8. The van der Waals surface area contributed by atoms with E-state index in [1.54, 1.807) is 0 Å². The first-order chi connectivity index (χ1) is 14.9. The van der Waals surface area contributed by atoms with E-state index in [0.717, 1.165) is 18.2 Å². The van der Waals surface area contributed by atoms with Crippen molar-refractivity contribution in [1.29, 1.82) is 0 Å². The number of carbonyl (C=O) groups is 2. The average molecular weight is 574 g/mol. The van der Waals surface area contributed by atoms with E-state index in [2.05, 4.69) is 26.2 Å². The van der Waals surface area contributed by atoms with Gasteiger partial charge in [-0.05, 0) is 35.4 Å². The van der Waals surface area contributed by atoms with Gasteiger partial charge in [-0.15, -0.1) is 0 Å². The van der Waals surface area contributed by atoms with E-state index in [4.69, 9.17) is 34.8 Å². The molecule has 0 aliphatic heterocycles. The molecule has 2 rings (SSSR count). The first kappa shape index (κ1) is 26.7. The minimum atomic E-state index is -4.60. The third-order valence-corrected chi connectivity index (χ3v) is 6.14. The zero-order valence-corrected chi connectivity index (χ0v) is 20.3. The van der Waals surface area contributed by atoms with Gasteiger partial charge in [-0.1, -0.05) is 69.0 Å². The van der Waals surface area contributed by atoms with Crippen molar-refractivity contribution in [2.45, 2.75) is 24.9 Å². The van der Waals surface area contributed by atoms with Gasteiger partial charge in [-0.2, -0.15) is 13.2 Å². The number of nitrogens with one attached hydrogen (secondary N) is 1. The Hall–Kier alpha value is -1.58. The fraction of sp³-hybridized carbons (Fsp3) is 0.238. The highest BCUT2D eigenvalue weighted by Gasteiger charge is 2.39. The molecule has 0 aliphatic carbocycles. The number of amides is 1. The monoisotopic (exact) mass is 571 g/mol. The molecule has 1 N–H and O–H groups in total. The Morgan fingerprint density at radius 3 is 2.28 bits per heavy atom. The number of carbonyl (C=O) groups excluding carboxylic acids is 2. The summed E-state index contributed by atoms with van der Waals surface area (Å²) in [5, 5.41) is -0.186. The van der Waals surface area contributed by atoms with E-state index < -0.39 is 18.0 Å². The van der Waals surface area contributed by atoms with Crippen molar-refractivity contribution in [3.8, 4) is 0 Å². The van der Waals surface area contributed by atoms with Crippen LogP contribution in [0.2, 0.25) is 15.1 Å². The highest BCUT2D eigenvalue weighted by atomic mass is 79.9. The summed E-state index contributed by atoms with van der Waals surface area (Å²) in [5.74, 6) is -2.73. The lowest BCUT2D eigenvalue weighted by molar-refractivity contribution is -0.139. The van der Waals surface area contributed by atoms with E-state index in [1.165, 1.54) is 31.4 Å². The molecule has 0 spiro atoms. The molecule has 0 bridgehead atoms. The van der Waals surface area contributed by atoms with E-state index in [9.17, 15) is 22.8 Å². The number of benzene rings is 2. The summed E-state index contributed by atoms with van der Waals surface area (Å²) in [6, 6.07) is 6.72. The van der Waals surface area contributed by atoms with Gasteiger partial charge in [-0.3, -0.25) is 14.4 Å². The third-order valence-electron chi connectivity index (χ3n) is 4.29. The smallest absolute Gasteiger partial charge is 0.294 e. The summed E-state index contributed by atoms with van der Waals surface area (Å²) in [4.78, 5) is 28.2. The molecular weight excluding hydrogens is 557 g/mol. The van der Waals surface area contributed by atoms with Crippen molar-refractivity contribution in [2.24, 2.45) is 0 Å². The molecule has 0 saturated carbocycles. The van der Waals surface area contributed by atoms with Gasteiger partial charge in [0.25, 0.3) is 0 Å². The van der Waals surface area contributed by atoms with Crippen LogP contribution in [0, 0.1) is 0 Å². The Kier molecular flexibility index (Phi) is 9.60. The predicted octanol–water partition coefficient (Wildman–Crippen LogP) is 7.41. The zero-order chi connectivity index (χ0) is 24.1. The van der Waals surface area contributed by atoms with Crippen molar-refractivity contribution < 1.29 is 27.6 Å². The van der Waals surface area contributed by atoms with Gasteiger partial charge < -0.3 is 0 Å². The van der Waals surface area contributed by atoms with Gasteiger partial charge in [-0.25, -0.2) is 5.48 Å². The summed E-state index contributed by atoms with van der Waals surface area (Å²) in [6.07, 6.45) is -2.49. The van der Waals surface area contributed by atoms with Crippen molar-refractivity contribution >= 4 is 68.5 Å². The largest absolute Gasteiger partial charge is 0.399 e. The molecule has 2 aromatic carbocycles. The number of hydrogen-bond acceptors (Lipinski definition) is 3. The summed E-state index contributed by atoms with van der Waals surface area (Å²) in [6.45, 7) is 0. The minimum absolute atomic E-state index is 0.0223. The maximum Gasteiger partial charge on any atom is 0.399 e. The molecule has 4 nitrogen and oxygen atoms in total. The van der Waals surface area contributed by atoms with Gasteiger partial charge in [0.2, 0.25) is 5.91 Å². The van der Waals surface area contributed by atoms with Crippen LogP contribution < -0.4 is 5.48 Å². The standard InChI is InChI=1S/C21H16BrCl3F3NO3/c1-32-29-19(31)7-6-18(30)13-4-2-11(8-15(13)22)3-5-14(21(26,27)28)12-9-16(23)20(25)17(24)10-12/h2-5,8-10,14H,6-7H2,1H3,(H,29,31)/b5-3+. The Balaban J connectivity index is 2.24. The van der Waals surface area contributed by atoms with Crippen LogP contribution in [0.1, 0.15) is 40.2 Å². The summed E-state index contributed by atoms with van der Waals surface area (Å²) in [7, 11) is 1.28. The second kappa shape index (κ2) is 11.5. The van der Waals surface area contributed by atoms with E-state index in [1.807, 2.05) is 0 Å². The molecule has 172 valence electrons. The molecule has 1 unspecified atom stereocenters. The lowest BCUT2D eigenvalue weighted by atomic mass is 9.96. The van der Waals surface area contributed by atoms with Crippen LogP contribution in [0.4, 0.5) is 13.2 Å². The highest BCUT2D eigenvalue weighted by Crippen LogP contribution is 2.41. The Morgan fingerprint density at radius 1 is 1.12 bits per heavy atom. The molecule has 1 amide bonds. The minimum Gasteiger partial charge on any atom is -0.294 e. The maximum absolute atomic E-state index is 13.7. The quantitative estimate of drug-likeness (QED) is 0.203. The fourth-order valence-corrected chi connectivity index (χ4v) is 3.99. The summed E-state index contributed by atoms with van der Waals surface area (Å²) in [5.41, 5.74) is 2.68. The highest BCUT2D eigenvalue weighted by molar-refractivity contribution is 9.10. The lowest BCUT2D eigenvalue weighted by Crippen LogP contribution is -2.22. The van der Waals surface area contributed by atoms with Crippen LogP contribution in [0.5, 0.6) is 0 Å². The number of ketones is 1. The van der Waals surface area contributed by atoms with E-state index in [0.29, 0.717) is 15.6 Å². The second-order valence-corrected chi connectivity index (χ2v) is 8.62. The van der Waals surface area contributed by atoms with Crippen LogP contribution in [-0.4, -0.2) is 25.0 Å². The number of allylic oxidation sites excluding steroid dienone is 1. The van der Waals surface area contributed by atoms with Crippen LogP contribution in [0.15, 0.2) is 40.9 Å². The second-order valence-electron chi connectivity index (χ2n) is 6.57. The molecular formula is C21H16BrCl3F3NO3. The van der Waals surface area contributed by atoms with Gasteiger partial charge in [0, 0.05) is 22.9 Å². The molecule has 0 fully saturated rings. The van der Waals surface area contributed by atoms with Crippen molar-refractivity contribution in [3.05, 3.63) is 72.6 Å². The average Bonchev–Trinajstić information content (AvgIpc) is 2.69. The first-order valence-corrected chi connectivity index (χ1v) is 10.9. The van der Waals surface area contributed by atoms with Crippen LogP contribution in [0.3, 0.4) is 0 Å². The zero-order valence-electron chi connectivity index (χ0n) is 16.4. The van der Waals surface area contributed by atoms with Crippen LogP contribution >= 0.6 is 50.7 Å². The maximum atomic E-state index is 13.7. The first-order valence-electron chi connectivity index (χ1n) is 8.98. The predicted molar refractivity (Wildman–Crippen MR) is 122 cm³/mol. The molecule has 0 saturated heterocycles. The Bertz CT molecular complexity index is 1020. The third kappa shape index (κ3) is 7.22. The molecule has 0 aromatic heterocycles. The molecule has 1 atom stereocenters. The number of hydroxylamine groups is 1. The van der Waals surface area contributed by atoms with Gasteiger partial charge >= 0.3 is 6.18 Å². The van der Waals surface area contributed by atoms with Crippen LogP contribution in [-0.2, 0) is 9.63 Å².